The van der Waals surface area contributed by atoms with Crippen LogP contribution in [-0.4, -0.2) is 35.0 Å². The zero-order chi connectivity index (χ0) is 26.3. The first-order valence-corrected chi connectivity index (χ1v) is 12.7. The van der Waals surface area contributed by atoms with E-state index in [2.05, 4.69) is 4.98 Å². The molecule has 7 nitrogen and oxygen atoms in total. The molecule has 0 saturated carbocycles. The molecular weight excluding hydrogens is 488 g/mol. The van der Waals surface area contributed by atoms with Gasteiger partial charge in [-0.05, 0) is 68.3 Å². The summed E-state index contributed by atoms with van der Waals surface area (Å²) in [6, 6.07) is 18.9. The van der Waals surface area contributed by atoms with E-state index < -0.39 is 17.7 Å². The lowest BCUT2D eigenvalue weighted by atomic mass is 9.95. The van der Waals surface area contributed by atoms with Crippen molar-refractivity contribution in [2.24, 2.45) is 0 Å². The largest absolute Gasteiger partial charge is 0.507 e. The number of Topliss-reactive ketones (excluding diaryl/α,β-unsaturated/α-hetero) is 1. The van der Waals surface area contributed by atoms with E-state index in [0.717, 1.165) is 15.8 Å². The van der Waals surface area contributed by atoms with Gasteiger partial charge in [0.05, 0.1) is 35.0 Å². The summed E-state index contributed by atoms with van der Waals surface area (Å²) in [5.74, 6) is -0.606. The Labute approximate surface area is 218 Å². The molecule has 188 valence electrons. The number of rotatable bonds is 6. The summed E-state index contributed by atoms with van der Waals surface area (Å²) in [4.78, 5) is 32.9. The minimum absolute atomic E-state index is 0.00393. The second-order valence-corrected chi connectivity index (χ2v) is 10.1. The third kappa shape index (κ3) is 4.56. The maximum atomic E-state index is 13.5. The van der Waals surface area contributed by atoms with Crippen LogP contribution in [0.5, 0.6) is 11.5 Å². The van der Waals surface area contributed by atoms with Crippen molar-refractivity contribution in [2.45, 2.75) is 32.9 Å². The summed E-state index contributed by atoms with van der Waals surface area (Å²) in [5.41, 5.74) is 2.82. The van der Waals surface area contributed by atoms with Gasteiger partial charge in [-0.2, -0.15) is 0 Å². The average Bonchev–Trinajstić information content (AvgIpc) is 3.41. The Hall–Kier alpha value is -4.17. The normalized spacial score (nSPS) is 17.1. The van der Waals surface area contributed by atoms with E-state index in [4.69, 9.17) is 9.47 Å². The predicted molar refractivity (Wildman–Crippen MR) is 144 cm³/mol. The Bertz CT molecular complexity index is 1540. The molecule has 0 unspecified atom stereocenters. The number of nitrogens with zero attached hydrogens (tertiary/aromatic N) is 2. The van der Waals surface area contributed by atoms with Crippen LogP contribution in [0.4, 0.5) is 5.13 Å². The van der Waals surface area contributed by atoms with Gasteiger partial charge in [0, 0.05) is 5.56 Å². The quantitative estimate of drug-likeness (QED) is 0.192. The summed E-state index contributed by atoms with van der Waals surface area (Å²) in [7, 11) is 1.52. The number of amides is 1. The number of carbonyl (C=O) groups excluding carboxylic acids is 2. The van der Waals surface area contributed by atoms with Crippen LogP contribution in [0.2, 0.25) is 0 Å². The molecule has 1 aromatic heterocycles. The van der Waals surface area contributed by atoms with E-state index >= 15 is 0 Å². The molecule has 1 N–H and O–H groups in total. The standard InChI is InChI=1S/C29H26N2O5S/c1-16(2)36-20-11-9-18(10-12-20)25-24(26(32)19-6-5-7-21(15-19)35-4)27(33)28(34)31(25)29-30-22-13-8-17(3)14-23(22)37-29/h5-16,25,32H,1-4H3/b26-24+/t25-/m1/s1. The maximum absolute atomic E-state index is 13.5. The molecular formula is C29H26N2O5S. The van der Waals surface area contributed by atoms with E-state index in [1.54, 1.807) is 48.5 Å². The van der Waals surface area contributed by atoms with Crippen molar-refractivity contribution < 1.29 is 24.2 Å². The number of benzene rings is 3. The van der Waals surface area contributed by atoms with E-state index in [-0.39, 0.29) is 17.4 Å². The molecule has 1 aliphatic rings. The second kappa shape index (κ2) is 9.71. The minimum atomic E-state index is -0.874. The van der Waals surface area contributed by atoms with E-state index in [1.165, 1.54) is 23.3 Å². The van der Waals surface area contributed by atoms with Crippen LogP contribution in [0.15, 0.2) is 72.3 Å². The number of aliphatic hydroxyl groups is 1. The molecule has 0 bridgehead atoms. The molecule has 1 atom stereocenters. The van der Waals surface area contributed by atoms with Crippen molar-refractivity contribution >= 4 is 44.1 Å². The molecule has 1 amide bonds. The highest BCUT2D eigenvalue weighted by Gasteiger charge is 2.48. The first-order valence-electron chi connectivity index (χ1n) is 11.9. The summed E-state index contributed by atoms with van der Waals surface area (Å²) < 4.78 is 12.0. The molecule has 2 heterocycles. The Kier molecular flexibility index (Phi) is 6.43. The monoisotopic (exact) mass is 514 g/mol. The number of aryl methyl sites for hydroxylation is 1. The number of fused-ring (bicyclic) bond motifs is 1. The number of carbonyl (C=O) groups is 2. The smallest absolute Gasteiger partial charge is 0.301 e. The molecule has 0 spiro atoms. The molecule has 1 saturated heterocycles. The second-order valence-electron chi connectivity index (χ2n) is 9.10. The summed E-state index contributed by atoms with van der Waals surface area (Å²) in [6.07, 6.45) is -0.00393. The lowest BCUT2D eigenvalue weighted by Gasteiger charge is -2.23. The number of methoxy groups -OCH3 is 1. The number of hydrogen-bond acceptors (Lipinski definition) is 7. The highest BCUT2D eigenvalue weighted by molar-refractivity contribution is 7.22. The number of ether oxygens (including phenoxy) is 2. The third-order valence-electron chi connectivity index (χ3n) is 6.09. The Balaban J connectivity index is 1.69. The van der Waals surface area contributed by atoms with Gasteiger partial charge in [0.2, 0.25) is 0 Å². The lowest BCUT2D eigenvalue weighted by molar-refractivity contribution is -0.132. The Morgan fingerprint density at radius 3 is 2.49 bits per heavy atom. The minimum Gasteiger partial charge on any atom is -0.507 e. The number of thiazole rings is 1. The predicted octanol–water partition coefficient (Wildman–Crippen LogP) is 6.03. The van der Waals surface area contributed by atoms with Crippen LogP contribution in [0.3, 0.4) is 0 Å². The Morgan fingerprint density at radius 2 is 1.78 bits per heavy atom. The highest BCUT2D eigenvalue weighted by atomic mass is 32.1. The van der Waals surface area contributed by atoms with E-state index in [0.29, 0.717) is 27.8 Å². The molecule has 37 heavy (non-hydrogen) atoms. The summed E-state index contributed by atoms with van der Waals surface area (Å²) in [6.45, 7) is 5.86. The van der Waals surface area contributed by atoms with Crippen LogP contribution in [0.1, 0.15) is 36.6 Å². The third-order valence-corrected chi connectivity index (χ3v) is 7.11. The fourth-order valence-corrected chi connectivity index (χ4v) is 5.49. The number of ketones is 1. The van der Waals surface area contributed by atoms with Crippen LogP contribution >= 0.6 is 11.3 Å². The van der Waals surface area contributed by atoms with Gasteiger partial charge in [-0.15, -0.1) is 0 Å². The number of anilines is 1. The molecule has 5 rings (SSSR count). The van der Waals surface area contributed by atoms with Crippen molar-refractivity contribution in [3.8, 4) is 11.5 Å². The van der Waals surface area contributed by atoms with Gasteiger partial charge >= 0.3 is 5.91 Å². The fourth-order valence-electron chi connectivity index (χ4n) is 4.39. The summed E-state index contributed by atoms with van der Waals surface area (Å²) in [5, 5.41) is 11.7. The fraction of sp³-hybridized carbons (Fsp3) is 0.207. The number of hydrogen-bond donors (Lipinski definition) is 1. The number of aromatic nitrogens is 1. The van der Waals surface area contributed by atoms with Gasteiger partial charge in [0.1, 0.15) is 17.3 Å². The van der Waals surface area contributed by atoms with Gasteiger partial charge in [0.25, 0.3) is 5.78 Å². The van der Waals surface area contributed by atoms with Crippen LogP contribution in [-0.2, 0) is 9.59 Å². The van der Waals surface area contributed by atoms with Crippen molar-refractivity contribution in [3.05, 3.63) is 89.0 Å². The average molecular weight is 515 g/mol. The first-order chi connectivity index (χ1) is 17.8. The van der Waals surface area contributed by atoms with Gasteiger partial charge in [0.15, 0.2) is 5.13 Å². The molecule has 1 fully saturated rings. The molecule has 4 aromatic rings. The van der Waals surface area contributed by atoms with Crippen molar-refractivity contribution in [1.82, 2.24) is 4.98 Å². The van der Waals surface area contributed by atoms with Crippen molar-refractivity contribution in [3.63, 3.8) is 0 Å². The number of aliphatic hydroxyl groups excluding tert-OH is 1. The van der Waals surface area contributed by atoms with Crippen LogP contribution in [0, 0.1) is 6.92 Å². The van der Waals surface area contributed by atoms with Gasteiger partial charge in [-0.1, -0.05) is 41.7 Å². The zero-order valence-corrected chi connectivity index (χ0v) is 21.7. The zero-order valence-electron chi connectivity index (χ0n) is 20.9. The SMILES string of the molecule is COc1cccc(/C(O)=C2\C(=O)C(=O)N(c3nc4ccc(C)cc4s3)[C@@H]2c2ccc(OC(C)C)cc2)c1. The van der Waals surface area contributed by atoms with Crippen molar-refractivity contribution in [2.75, 3.05) is 12.0 Å². The summed E-state index contributed by atoms with van der Waals surface area (Å²) >= 11 is 1.33. The van der Waals surface area contributed by atoms with Gasteiger partial charge in [-0.25, -0.2) is 4.98 Å². The van der Waals surface area contributed by atoms with E-state index in [1.807, 2.05) is 39.0 Å². The molecule has 3 aromatic carbocycles. The van der Waals surface area contributed by atoms with E-state index in [9.17, 15) is 14.7 Å². The van der Waals surface area contributed by atoms with Crippen molar-refractivity contribution in [1.29, 1.82) is 0 Å². The lowest BCUT2D eigenvalue weighted by Crippen LogP contribution is -2.29. The first kappa shape index (κ1) is 24.5. The molecule has 0 aliphatic carbocycles. The van der Waals surface area contributed by atoms with Crippen LogP contribution in [0.25, 0.3) is 16.0 Å². The highest BCUT2D eigenvalue weighted by Crippen LogP contribution is 2.44. The van der Waals surface area contributed by atoms with Gasteiger partial charge in [-0.3, -0.25) is 14.5 Å². The molecule has 8 heteroatoms. The van der Waals surface area contributed by atoms with Gasteiger partial charge < -0.3 is 14.6 Å². The topological polar surface area (TPSA) is 89.0 Å². The molecule has 1 aliphatic heterocycles. The Morgan fingerprint density at radius 1 is 1.03 bits per heavy atom. The molecule has 0 radical (unpaired) electrons. The maximum Gasteiger partial charge on any atom is 0.301 e. The van der Waals surface area contributed by atoms with Crippen LogP contribution < -0.4 is 14.4 Å².